The number of ether oxygens (including phenoxy) is 2. The minimum Gasteiger partial charge on any atom is -0.478 e. The summed E-state index contributed by atoms with van der Waals surface area (Å²) >= 11 is 5.98. The maximum Gasteiger partial charge on any atom is 0.414 e. The van der Waals surface area contributed by atoms with Crippen molar-refractivity contribution < 1.29 is 42.2 Å². The van der Waals surface area contributed by atoms with Crippen LogP contribution >= 0.6 is 11.6 Å². The highest BCUT2D eigenvalue weighted by atomic mass is 35.5. The van der Waals surface area contributed by atoms with Crippen molar-refractivity contribution in [2.24, 2.45) is 4.99 Å². The summed E-state index contributed by atoms with van der Waals surface area (Å²) in [7, 11) is -4.03. The second kappa shape index (κ2) is 17.3. The third-order valence-electron chi connectivity index (χ3n) is 7.62. The Morgan fingerprint density at radius 3 is 1.93 bits per heavy atom. The van der Waals surface area contributed by atoms with Gasteiger partial charge < -0.3 is 19.5 Å². The Bertz CT molecular complexity index is 1970. The molecule has 1 aliphatic rings. The Kier molecular flexibility index (Phi) is 13.3. The van der Waals surface area contributed by atoms with E-state index in [0.717, 1.165) is 5.41 Å². The minimum atomic E-state index is -4.03. The van der Waals surface area contributed by atoms with Gasteiger partial charge in [0.1, 0.15) is 11.2 Å². The molecule has 0 aromatic heterocycles. The highest BCUT2D eigenvalue weighted by molar-refractivity contribution is 7.92. The van der Waals surface area contributed by atoms with Crippen molar-refractivity contribution in [1.29, 1.82) is 0 Å². The molecule has 1 unspecified atom stereocenters. The molecule has 14 nitrogen and oxygen atoms in total. The van der Waals surface area contributed by atoms with Crippen molar-refractivity contribution in [2.45, 2.75) is 71.8 Å². The van der Waals surface area contributed by atoms with E-state index in [1.165, 1.54) is 46.8 Å². The summed E-state index contributed by atoms with van der Waals surface area (Å²) in [4.78, 5) is 55.8. The van der Waals surface area contributed by atoms with Crippen LogP contribution in [0.2, 0.25) is 5.02 Å². The number of carboxylic acids is 1. The van der Waals surface area contributed by atoms with Gasteiger partial charge in [0, 0.05) is 41.7 Å². The molecule has 0 aliphatic carbocycles. The van der Waals surface area contributed by atoms with Crippen molar-refractivity contribution in [3.63, 3.8) is 0 Å². The average molecular weight is 782 g/mol. The van der Waals surface area contributed by atoms with E-state index in [2.05, 4.69) is 15.6 Å². The molecule has 1 atom stereocenters. The van der Waals surface area contributed by atoms with Gasteiger partial charge in [0.2, 0.25) is 16.0 Å². The van der Waals surface area contributed by atoms with Gasteiger partial charge in [-0.15, -0.1) is 0 Å². The number of amides is 3. The van der Waals surface area contributed by atoms with E-state index in [-0.39, 0.29) is 42.8 Å². The summed E-state index contributed by atoms with van der Waals surface area (Å²) in [6.07, 6.45) is 0.0970. The van der Waals surface area contributed by atoms with Gasteiger partial charge in [-0.25, -0.2) is 27.8 Å². The zero-order chi connectivity index (χ0) is 39.8. The van der Waals surface area contributed by atoms with Crippen LogP contribution in [0.1, 0.15) is 79.8 Å². The maximum atomic E-state index is 13.8. The number of hydrogen-bond donors (Lipinski definition) is 3. The lowest BCUT2D eigenvalue weighted by atomic mass is 10.1. The number of carbonyl (C=O) groups excluding carboxylic acids is 3. The molecule has 4 rings (SSSR count). The molecule has 0 saturated carbocycles. The van der Waals surface area contributed by atoms with Gasteiger partial charge in [-0.1, -0.05) is 35.9 Å². The summed E-state index contributed by atoms with van der Waals surface area (Å²) in [6.45, 7) is 10.4. The molecule has 1 heterocycles. The SMILES string of the molecule is CC(C)(C)OC(=O)NC(=Nc1ccc(C(=O)N2CCC(N(Cc3ccc(C(=O)O)cc3)S(=O)(=O)/C=C/c3ccc(Cl)cc3)C2)cc1)NC(=O)OC(C)(C)C. The van der Waals surface area contributed by atoms with Gasteiger partial charge >= 0.3 is 18.2 Å². The number of nitrogens with zero attached hydrogens (tertiary/aromatic N) is 3. The first kappa shape index (κ1) is 41.5. The minimum absolute atomic E-state index is 0.0520. The standard InChI is InChI=1S/C38H44ClN5O9S/c1-37(2,3)52-35(48)41-34(42-36(49)53-38(4,5)6)40-30-17-13-27(14-18-30)32(45)43-21-19-31(24-43)44(23-26-7-11-28(12-8-26)33(46)47)54(50,51)22-20-25-9-15-29(39)16-10-25/h7-18,20,22,31H,19,21,23-24H2,1-6H3,(H,46,47)(H2,40,41,42,48,49)/b22-20+. The van der Waals surface area contributed by atoms with Crippen LogP contribution in [0, 0.1) is 0 Å². The fraction of sp³-hybridized carbons (Fsp3) is 0.342. The molecule has 3 aromatic carbocycles. The first-order chi connectivity index (χ1) is 25.2. The predicted octanol–water partition coefficient (Wildman–Crippen LogP) is 6.79. The Morgan fingerprint density at radius 2 is 1.41 bits per heavy atom. The Morgan fingerprint density at radius 1 is 0.870 bits per heavy atom. The van der Waals surface area contributed by atoms with Gasteiger partial charge in [0.05, 0.1) is 11.3 Å². The number of aromatic carboxylic acids is 1. The number of rotatable bonds is 9. The smallest absolute Gasteiger partial charge is 0.414 e. The molecule has 54 heavy (non-hydrogen) atoms. The zero-order valence-electron chi connectivity index (χ0n) is 30.8. The normalized spacial score (nSPS) is 14.8. The average Bonchev–Trinajstić information content (AvgIpc) is 3.55. The molecule has 1 aliphatic heterocycles. The summed E-state index contributed by atoms with van der Waals surface area (Å²) < 4.78 is 39.5. The van der Waals surface area contributed by atoms with E-state index < -0.39 is 45.4 Å². The van der Waals surface area contributed by atoms with E-state index in [1.807, 2.05) is 0 Å². The van der Waals surface area contributed by atoms with Gasteiger partial charge in [0.15, 0.2) is 0 Å². The number of likely N-dealkylation sites (tertiary alicyclic amines) is 1. The highest BCUT2D eigenvalue weighted by Gasteiger charge is 2.36. The molecule has 3 N–H and O–H groups in total. The zero-order valence-corrected chi connectivity index (χ0v) is 32.4. The fourth-order valence-corrected chi connectivity index (χ4v) is 6.74. The van der Waals surface area contributed by atoms with E-state index in [1.54, 1.807) is 82.8 Å². The van der Waals surface area contributed by atoms with E-state index >= 15 is 0 Å². The monoisotopic (exact) mass is 781 g/mol. The van der Waals surface area contributed by atoms with E-state index in [4.69, 9.17) is 21.1 Å². The molecule has 1 fully saturated rings. The molecular formula is C38H44ClN5O9S. The Labute approximate surface area is 319 Å². The van der Waals surface area contributed by atoms with Gasteiger partial charge in [-0.2, -0.15) is 4.31 Å². The van der Waals surface area contributed by atoms with E-state index in [9.17, 15) is 32.7 Å². The third kappa shape index (κ3) is 12.7. The van der Waals surface area contributed by atoms with Crippen LogP contribution in [0.15, 0.2) is 83.2 Å². The van der Waals surface area contributed by atoms with Crippen molar-refractivity contribution in [2.75, 3.05) is 13.1 Å². The highest BCUT2D eigenvalue weighted by Crippen LogP contribution is 2.26. The van der Waals surface area contributed by atoms with Gasteiger partial charge in [0.25, 0.3) is 5.91 Å². The van der Waals surface area contributed by atoms with Crippen LogP contribution in [0.3, 0.4) is 0 Å². The van der Waals surface area contributed by atoms with Crippen molar-refractivity contribution in [1.82, 2.24) is 19.8 Å². The number of halogens is 1. The number of benzene rings is 3. The van der Waals surface area contributed by atoms with Crippen LogP contribution in [-0.4, -0.2) is 83.1 Å². The summed E-state index contributed by atoms with van der Waals surface area (Å²) in [5, 5.41) is 15.7. The van der Waals surface area contributed by atoms with Crippen molar-refractivity contribution >= 4 is 63.4 Å². The summed E-state index contributed by atoms with van der Waals surface area (Å²) in [6, 6.07) is 18.1. The molecule has 3 amide bonds. The molecule has 288 valence electrons. The molecular weight excluding hydrogens is 738 g/mol. The topological polar surface area (TPSA) is 184 Å². The largest absolute Gasteiger partial charge is 0.478 e. The Balaban J connectivity index is 1.53. The van der Waals surface area contributed by atoms with Crippen LogP contribution in [-0.2, 0) is 26.0 Å². The van der Waals surface area contributed by atoms with Crippen LogP contribution in [0.25, 0.3) is 6.08 Å². The number of nitrogens with one attached hydrogen (secondary N) is 2. The fourth-order valence-electron chi connectivity index (χ4n) is 5.22. The van der Waals surface area contributed by atoms with Crippen LogP contribution in [0.5, 0.6) is 0 Å². The number of sulfonamides is 1. The third-order valence-corrected chi connectivity index (χ3v) is 9.43. The first-order valence-corrected chi connectivity index (χ1v) is 18.8. The molecule has 16 heteroatoms. The second-order valence-corrected chi connectivity index (χ2v) is 16.6. The lowest BCUT2D eigenvalue weighted by Gasteiger charge is -2.27. The molecule has 1 saturated heterocycles. The van der Waals surface area contributed by atoms with Gasteiger partial charge in [-0.3, -0.25) is 15.4 Å². The number of carboxylic acid groups (broad SMARTS) is 1. The first-order valence-electron chi connectivity index (χ1n) is 16.9. The number of aliphatic imine (C=N–C) groups is 1. The number of carbonyl (C=O) groups is 4. The number of guanidine groups is 1. The quantitative estimate of drug-likeness (QED) is 0.155. The molecule has 3 aromatic rings. The van der Waals surface area contributed by atoms with Crippen molar-refractivity contribution in [3.8, 4) is 0 Å². The van der Waals surface area contributed by atoms with E-state index in [0.29, 0.717) is 28.1 Å². The lowest BCUT2D eigenvalue weighted by Crippen LogP contribution is -2.47. The lowest BCUT2D eigenvalue weighted by molar-refractivity contribution is 0.0543. The van der Waals surface area contributed by atoms with Crippen molar-refractivity contribution in [3.05, 3.63) is 105 Å². The second-order valence-electron chi connectivity index (χ2n) is 14.4. The molecule has 0 radical (unpaired) electrons. The molecule has 0 bridgehead atoms. The summed E-state index contributed by atoms with van der Waals surface area (Å²) in [5.74, 6) is -1.70. The maximum absolute atomic E-state index is 13.8. The number of alkyl carbamates (subject to hydrolysis) is 2. The predicted molar refractivity (Wildman–Crippen MR) is 205 cm³/mol. The summed E-state index contributed by atoms with van der Waals surface area (Å²) in [5.41, 5.74) is 0.217. The Hall–Kier alpha value is -5.25. The molecule has 0 spiro atoms. The van der Waals surface area contributed by atoms with Gasteiger partial charge in [-0.05, 0) is 114 Å². The van der Waals surface area contributed by atoms with Crippen LogP contribution < -0.4 is 10.6 Å². The van der Waals surface area contributed by atoms with Crippen LogP contribution in [0.4, 0.5) is 15.3 Å². The number of hydrogen-bond acceptors (Lipinski definition) is 9.